The molecule has 0 aliphatic heterocycles. The Morgan fingerprint density at radius 2 is 1.67 bits per heavy atom. The summed E-state index contributed by atoms with van der Waals surface area (Å²) in [6, 6.07) is 8.81. The molecule has 0 fully saturated rings. The van der Waals surface area contributed by atoms with Gasteiger partial charge in [0.15, 0.2) is 0 Å². The molecule has 1 aromatic carbocycles. The van der Waals surface area contributed by atoms with E-state index in [9.17, 15) is 0 Å². The van der Waals surface area contributed by atoms with Crippen molar-refractivity contribution in [2.24, 2.45) is 5.41 Å². The Morgan fingerprint density at radius 1 is 1.05 bits per heavy atom. The number of fused-ring (bicyclic) bond motifs is 1. The van der Waals surface area contributed by atoms with Crippen molar-refractivity contribution in [3.8, 4) is 0 Å². The van der Waals surface area contributed by atoms with Crippen LogP contribution in [-0.4, -0.2) is 0 Å². The number of allylic oxidation sites excluding steroid dienone is 5. The molecule has 111 valence electrons. The normalized spacial score (nSPS) is 22.0. The van der Waals surface area contributed by atoms with Crippen LogP contribution in [0.2, 0.25) is 0 Å². The van der Waals surface area contributed by atoms with Crippen molar-refractivity contribution in [1.29, 1.82) is 0 Å². The van der Waals surface area contributed by atoms with Gasteiger partial charge < -0.3 is 0 Å². The van der Waals surface area contributed by atoms with E-state index in [-0.39, 0.29) is 30.2 Å². The van der Waals surface area contributed by atoms with Gasteiger partial charge in [-0.1, -0.05) is 0 Å². The number of hydrogen-bond acceptors (Lipinski definition) is 0. The molecule has 2 aliphatic carbocycles. The Bertz CT molecular complexity index is 651. The van der Waals surface area contributed by atoms with Gasteiger partial charge in [-0.2, -0.15) is 0 Å². The molecular weight excluding hydrogens is 378 g/mol. The predicted molar refractivity (Wildman–Crippen MR) is 91.9 cm³/mol. The van der Waals surface area contributed by atoms with Crippen molar-refractivity contribution in [3.05, 3.63) is 61.5 Å². The third-order valence-corrected chi connectivity index (χ3v) is 6.51. The molecule has 0 bridgehead atoms. The van der Waals surface area contributed by atoms with Crippen molar-refractivity contribution in [3.63, 3.8) is 0 Å². The van der Waals surface area contributed by atoms with Crippen LogP contribution < -0.4 is 0 Å². The van der Waals surface area contributed by atoms with Crippen molar-refractivity contribution in [1.82, 2.24) is 0 Å². The van der Waals surface area contributed by atoms with Gasteiger partial charge in [0, 0.05) is 0 Å². The molecule has 1 atom stereocenters. The molecule has 0 saturated heterocycles. The van der Waals surface area contributed by atoms with E-state index in [0.29, 0.717) is 5.92 Å². The number of benzene rings is 1. The first-order chi connectivity index (χ1) is 8.94. The topological polar surface area (TPSA) is 0 Å². The van der Waals surface area contributed by atoms with E-state index in [1.54, 1.807) is 39.1 Å². The molecule has 3 rings (SSSR count). The summed E-state index contributed by atoms with van der Waals surface area (Å²) in [5.74, 6) is 0.480. The van der Waals surface area contributed by atoms with Gasteiger partial charge in [-0.15, -0.1) is 24.8 Å². The molecule has 21 heavy (non-hydrogen) atoms. The largest absolute Gasteiger partial charge is 0.147 e. The SMILES string of the molecule is CC1=C(C)C(C)(C)C(C2C=Cc3ccccc32)=[C]1[Zr].Cl.Cl. The van der Waals surface area contributed by atoms with E-state index in [1.165, 1.54) is 16.7 Å². The van der Waals surface area contributed by atoms with Gasteiger partial charge in [-0.3, -0.25) is 0 Å². The van der Waals surface area contributed by atoms with Gasteiger partial charge in [-0.05, 0) is 0 Å². The predicted octanol–water partition coefficient (Wildman–Crippen LogP) is 5.82. The Kier molecular flexibility index (Phi) is 5.93. The van der Waals surface area contributed by atoms with Crippen molar-refractivity contribution in [2.45, 2.75) is 33.6 Å². The summed E-state index contributed by atoms with van der Waals surface area (Å²) in [5, 5.41) is 0. The summed E-state index contributed by atoms with van der Waals surface area (Å²) in [5.41, 5.74) is 7.77. The quantitative estimate of drug-likeness (QED) is 0.558. The Morgan fingerprint density at radius 3 is 2.24 bits per heavy atom. The summed E-state index contributed by atoms with van der Waals surface area (Å²) in [4.78, 5) is 0. The van der Waals surface area contributed by atoms with Crippen LogP contribution in [-0.2, 0) is 24.7 Å². The number of hydrogen-bond donors (Lipinski definition) is 0. The zero-order valence-corrected chi connectivity index (χ0v) is 16.9. The number of rotatable bonds is 1. The Balaban J connectivity index is 0.00000110. The van der Waals surface area contributed by atoms with E-state index in [2.05, 4.69) is 64.1 Å². The van der Waals surface area contributed by atoms with Crippen LogP contribution in [0.5, 0.6) is 0 Å². The summed E-state index contributed by atoms with van der Waals surface area (Å²) in [7, 11) is 0. The summed E-state index contributed by atoms with van der Waals surface area (Å²) in [6.45, 7) is 9.36. The van der Waals surface area contributed by atoms with E-state index in [0.717, 1.165) is 0 Å². The first kappa shape index (κ1) is 19.0. The van der Waals surface area contributed by atoms with Gasteiger partial charge in [0.2, 0.25) is 0 Å². The molecule has 2 aliphatic rings. The molecule has 1 aromatic rings. The van der Waals surface area contributed by atoms with E-state index >= 15 is 0 Å². The molecule has 3 heteroatoms. The molecule has 0 amide bonds. The fraction of sp³-hybridized carbons (Fsp3) is 0.333. The fourth-order valence-electron chi connectivity index (χ4n) is 3.42. The van der Waals surface area contributed by atoms with Crippen LogP contribution in [0.15, 0.2) is 50.3 Å². The van der Waals surface area contributed by atoms with Gasteiger partial charge in [0.05, 0.1) is 0 Å². The fourth-order valence-corrected chi connectivity index (χ4v) is 5.03. The maximum absolute atomic E-state index is 2.39. The zero-order chi connectivity index (χ0) is 13.8. The van der Waals surface area contributed by atoms with Crippen molar-refractivity contribution >= 4 is 30.9 Å². The van der Waals surface area contributed by atoms with Crippen LogP contribution in [0.4, 0.5) is 0 Å². The zero-order valence-electron chi connectivity index (χ0n) is 12.9. The molecule has 0 N–H and O–H groups in total. The second kappa shape index (κ2) is 6.57. The summed E-state index contributed by atoms with van der Waals surface area (Å²) >= 11 is 1.55. The summed E-state index contributed by atoms with van der Waals surface area (Å²) < 4.78 is 1.58. The third-order valence-electron chi connectivity index (χ3n) is 4.93. The van der Waals surface area contributed by atoms with Crippen molar-refractivity contribution < 1.29 is 24.7 Å². The van der Waals surface area contributed by atoms with Gasteiger partial charge in [0.25, 0.3) is 0 Å². The average molecular weight is 399 g/mol. The van der Waals surface area contributed by atoms with Crippen LogP contribution in [0.25, 0.3) is 6.08 Å². The average Bonchev–Trinajstić information content (AvgIpc) is 2.86. The van der Waals surface area contributed by atoms with Crippen LogP contribution in [0.3, 0.4) is 0 Å². The van der Waals surface area contributed by atoms with Crippen LogP contribution in [0, 0.1) is 5.41 Å². The molecule has 0 saturated carbocycles. The molecule has 0 spiro atoms. The second-order valence-corrected chi connectivity index (χ2v) is 7.36. The Hall–Kier alpha value is -0.0969. The minimum atomic E-state index is 0. The minimum Gasteiger partial charge on any atom is -0.147 e. The molecule has 0 aromatic heterocycles. The molecule has 0 nitrogen and oxygen atoms in total. The van der Waals surface area contributed by atoms with E-state index in [4.69, 9.17) is 0 Å². The second-order valence-electron chi connectivity index (χ2n) is 6.13. The van der Waals surface area contributed by atoms with Gasteiger partial charge in [-0.25, -0.2) is 0 Å². The first-order valence-electron chi connectivity index (χ1n) is 6.86. The maximum atomic E-state index is 2.39. The van der Waals surface area contributed by atoms with E-state index < -0.39 is 0 Å². The Labute approximate surface area is 155 Å². The number of halogens is 2. The smallest absolute Gasteiger partial charge is 0.147 e. The first-order valence-corrected chi connectivity index (χ1v) is 8.09. The molecular formula is C18H21Cl2Zr. The maximum Gasteiger partial charge on any atom is -0.147 e. The van der Waals surface area contributed by atoms with Crippen LogP contribution >= 0.6 is 24.8 Å². The molecule has 1 unspecified atom stereocenters. The standard InChI is InChI=1S/C18H19.2ClH.Zr/c1-12-11-17(18(3,4)13(12)2)16-10-9-14-7-5-6-8-15(14)16;;;/h5-10,16H,1-4H3;2*1H;. The minimum absolute atomic E-state index is 0. The third kappa shape index (κ3) is 2.78. The van der Waals surface area contributed by atoms with Crippen molar-refractivity contribution in [2.75, 3.05) is 0 Å². The summed E-state index contributed by atoms with van der Waals surface area (Å²) in [6.07, 6.45) is 4.67. The molecule has 0 radical (unpaired) electrons. The molecule has 0 heterocycles. The van der Waals surface area contributed by atoms with Gasteiger partial charge in [0.1, 0.15) is 0 Å². The monoisotopic (exact) mass is 397 g/mol. The van der Waals surface area contributed by atoms with Gasteiger partial charge >= 0.3 is 131 Å². The van der Waals surface area contributed by atoms with E-state index in [1.807, 2.05) is 0 Å². The van der Waals surface area contributed by atoms with Crippen LogP contribution in [0.1, 0.15) is 44.7 Å².